The normalized spacial score (nSPS) is 30.1. The van der Waals surface area contributed by atoms with Gasteiger partial charge in [-0.25, -0.2) is 4.79 Å². The third-order valence-corrected chi connectivity index (χ3v) is 3.88. The molecule has 2 atom stereocenters. The lowest BCUT2D eigenvalue weighted by atomic mass is 9.98. The van der Waals surface area contributed by atoms with Crippen LogP contribution >= 0.6 is 0 Å². The Balaban J connectivity index is 2.01. The molecule has 2 aliphatic rings. The van der Waals surface area contributed by atoms with Gasteiger partial charge in [-0.2, -0.15) is 0 Å². The molecule has 6 nitrogen and oxygen atoms in total. The molecule has 2 aliphatic heterocycles. The maximum atomic E-state index is 12.6. The molecular formula is C14H24N2O4. The monoisotopic (exact) mass is 284 g/mol. The number of carbonyl (C=O) groups excluding carboxylic acids is 1. The van der Waals surface area contributed by atoms with E-state index in [1.807, 2.05) is 20.8 Å². The molecule has 2 amide bonds. The van der Waals surface area contributed by atoms with Gasteiger partial charge in [0.15, 0.2) is 0 Å². The number of urea groups is 1. The average Bonchev–Trinajstić information content (AvgIpc) is 2.35. The van der Waals surface area contributed by atoms with E-state index in [1.54, 1.807) is 9.80 Å². The summed E-state index contributed by atoms with van der Waals surface area (Å²) in [7, 11) is 0. The summed E-state index contributed by atoms with van der Waals surface area (Å²) in [6.07, 6.45) is 1.42. The largest absolute Gasteiger partial charge is 0.481 e. The molecule has 0 aromatic rings. The highest BCUT2D eigenvalue weighted by Gasteiger charge is 2.37. The van der Waals surface area contributed by atoms with Crippen molar-refractivity contribution >= 4 is 12.0 Å². The minimum absolute atomic E-state index is 0.00256. The standard InChI is InChI=1S/C14H24N2O4/c1-10-7-16(9-14(2,3)20-10)13(19)15-6-4-5-11(8-15)12(17)18/h10-11H,4-9H2,1-3H3,(H,17,18)/t10?,11-/m1/s1. The number of morpholine rings is 1. The number of amides is 2. The van der Waals surface area contributed by atoms with Crippen molar-refractivity contribution in [2.75, 3.05) is 26.2 Å². The van der Waals surface area contributed by atoms with E-state index in [4.69, 9.17) is 9.84 Å². The van der Waals surface area contributed by atoms with Crippen molar-refractivity contribution in [3.8, 4) is 0 Å². The number of hydrogen-bond acceptors (Lipinski definition) is 3. The van der Waals surface area contributed by atoms with Crippen molar-refractivity contribution in [3.63, 3.8) is 0 Å². The molecule has 2 fully saturated rings. The van der Waals surface area contributed by atoms with Gasteiger partial charge < -0.3 is 19.6 Å². The van der Waals surface area contributed by atoms with Crippen molar-refractivity contribution in [2.45, 2.75) is 45.3 Å². The van der Waals surface area contributed by atoms with Crippen LogP contribution in [-0.2, 0) is 9.53 Å². The minimum atomic E-state index is -0.807. The fourth-order valence-electron chi connectivity index (χ4n) is 3.15. The third kappa shape index (κ3) is 3.42. The summed E-state index contributed by atoms with van der Waals surface area (Å²) >= 11 is 0. The van der Waals surface area contributed by atoms with Gasteiger partial charge in [0.05, 0.1) is 24.2 Å². The Morgan fingerprint density at radius 2 is 1.95 bits per heavy atom. The molecule has 6 heteroatoms. The Morgan fingerprint density at radius 1 is 1.25 bits per heavy atom. The molecule has 2 heterocycles. The van der Waals surface area contributed by atoms with Crippen LogP contribution in [0.2, 0.25) is 0 Å². The topological polar surface area (TPSA) is 70.1 Å². The Labute approximate surface area is 119 Å². The van der Waals surface area contributed by atoms with Gasteiger partial charge in [-0.05, 0) is 33.6 Å². The zero-order valence-electron chi connectivity index (χ0n) is 12.5. The lowest BCUT2D eigenvalue weighted by Crippen LogP contribution is -2.58. The second-order valence-electron chi connectivity index (χ2n) is 6.47. The van der Waals surface area contributed by atoms with E-state index in [9.17, 15) is 9.59 Å². The minimum Gasteiger partial charge on any atom is -0.481 e. The first kappa shape index (κ1) is 15.1. The Bertz CT molecular complexity index is 397. The van der Waals surface area contributed by atoms with Crippen LogP contribution in [0.15, 0.2) is 0 Å². The van der Waals surface area contributed by atoms with Crippen molar-refractivity contribution in [1.29, 1.82) is 0 Å². The van der Waals surface area contributed by atoms with Crippen molar-refractivity contribution < 1.29 is 19.4 Å². The number of ether oxygens (including phenoxy) is 1. The number of carbonyl (C=O) groups is 2. The number of hydrogen-bond donors (Lipinski definition) is 1. The molecule has 0 aromatic carbocycles. The van der Waals surface area contributed by atoms with Crippen LogP contribution in [0.3, 0.4) is 0 Å². The Hall–Kier alpha value is -1.30. The van der Waals surface area contributed by atoms with E-state index in [2.05, 4.69) is 0 Å². The summed E-state index contributed by atoms with van der Waals surface area (Å²) in [5, 5.41) is 9.10. The van der Waals surface area contributed by atoms with Gasteiger partial charge >= 0.3 is 12.0 Å². The fourth-order valence-corrected chi connectivity index (χ4v) is 3.15. The Kier molecular flexibility index (Phi) is 4.22. The second kappa shape index (κ2) is 5.60. The van der Waals surface area contributed by atoms with Crippen LogP contribution in [0.25, 0.3) is 0 Å². The summed E-state index contributed by atoms with van der Waals surface area (Å²) in [6.45, 7) is 7.98. The molecule has 0 spiro atoms. The van der Waals surface area contributed by atoms with E-state index < -0.39 is 11.9 Å². The number of piperidine rings is 1. The Morgan fingerprint density at radius 3 is 2.55 bits per heavy atom. The molecular weight excluding hydrogens is 260 g/mol. The maximum absolute atomic E-state index is 12.6. The number of aliphatic carboxylic acids is 1. The first-order valence-electron chi connectivity index (χ1n) is 7.23. The van der Waals surface area contributed by atoms with Crippen LogP contribution in [0.1, 0.15) is 33.6 Å². The predicted molar refractivity (Wildman–Crippen MR) is 73.5 cm³/mol. The molecule has 20 heavy (non-hydrogen) atoms. The number of likely N-dealkylation sites (tertiary alicyclic amines) is 1. The van der Waals surface area contributed by atoms with E-state index >= 15 is 0 Å². The van der Waals surface area contributed by atoms with E-state index in [0.717, 1.165) is 6.42 Å². The van der Waals surface area contributed by atoms with Gasteiger partial charge in [-0.15, -0.1) is 0 Å². The molecule has 0 aromatic heterocycles. The van der Waals surface area contributed by atoms with Crippen LogP contribution < -0.4 is 0 Å². The van der Waals surface area contributed by atoms with E-state index in [1.165, 1.54) is 0 Å². The quantitative estimate of drug-likeness (QED) is 0.790. The van der Waals surface area contributed by atoms with Crippen molar-refractivity contribution in [2.24, 2.45) is 5.92 Å². The van der Waals surface area contributed by atoms with Crippen LogP contribution in [0.5, 0.6) is 0 Å². The highest BCUT2D eigenvalue weighted by atomic mass is 16.5. The fraction of sp³-hybridized carbons (Fsp3) is 0.857. The predicted octanol–water partition coefficient (Wildman–Crippen LogP) is 1.40. The number of rotatable bonds is 1. The molecule has 2 saturated heterocycles. The molecule has 0 aliphatic carbocycles. The summed E-state index contributed by atoms with van der Waals surface area (Å²) < 4.78 is 5.79. The molecule has 0 saturated carbocycles. The van der Waals surface area contributed by atoms with Crippen molar-refractivity contribution in [1.82, 2.24) is 9.80 Å². The summed E-state index contributed by atoms with van der Waals surface area (Å²) in [4.78, 5) is 27.1. The first-order chi connectivity index (χ1) is 9.28. The van der Waals surface area contributed by atoms with E-state index in [-0.39, 0.29) is 17.7 Å². The summed E-state index contributed by atoms with van der Waals surface area (Å²) in [5.41, 5.74) is -0.352. The summed E-state index contributed by atoms with van der Waals surface area (Å²) in [5.74, 6) is -1.24. The zero-order valence-corrected chi connectivity index (χ0v) is 12.5. The molecule has 0 radical (unpaired) electrons. The molecule has 2 rings (SSSR count). The smallest absolute Gasteiger partial charge is 0.320 e. The van der Waals surface area contributed by atoms with Gasteiger partial charge in [0.2, 0.25) is 0 Å². The van der Waals surface area contributed by atoms with Crippen molar-refractivity contribution in [3.05, 3.63) is 0 Å². The maximum Gasteiger partial charge on any atom is 0.320 e. The number of nitrogens with zero attached hydrogens (tertiary/aromatic N) is 2. The van der Waals surface area contributed by atoms with Crippen LogP contribution in [0.4, 0.5) is 4.79 Å². The SMILES string of the molecule is CC1CN(C(=O)N2CCC[C@@H](C(=O)O)C2)CC(C)(C)O1. The molecule has 1 N–H and O–H groups in total. The summed E-state index contributed by atoms with van der Waals surface area (Å²) in [6, 6.07) is -0.0563. The van der Waals surface area contributed by atoms with Gasteiger partial charge in [0, 0.05) is 19.6 Å². The average molecular weight is 284 g/mol. The molecule has 1 unspecified atom stereocenters. The first-order valence-corrected chi connectivity index (χ1v) is 7.23. The van der Waals surface area contributed by atoms with E-state index in [0.29, 0.717) is 32.6 Å². The third-order valence-electron chi connectivity index (χ3n) is 3.88. The van der Waals surface area contributed by atoms with Crippen LogP contribution in [0, 0.1) is 5.92 Å². The molecule has 114 valence electrons. The van der Waals surface area contributed by atoms with Gasteiger partial charge in [-0.1, -0.05) is 0 Å². The van der Waals surface area contributed by atoms with Gasteiger partial charge in [0.25, 0.3) is 0 Å². The molecule has 0 bridgehead atoms. The second-order valence-corrected chi connectivity index (χ2v) is 6.47. The van der Waals surface area contributed by atoms with Crippen LogP contribution in [-0.4, -0.2) is 64.8 Å². The zero-order chi connectivity index (χ0) is 14.9. The lowest BCUT2D eigenvalue weighted by molar-refractivity contribution is -0.143. The highest BCUT2D eigenvalue weighted by Crippen LogP contribution is 2.24. The van der Waals surface area contributed by atoms with Gasteiger partial charge in [0.1, 0.15) is 0 Å². The van der Waals surface area contributed by atoms with Gasteiger partial charge in [-0.3, -0.25) is 4.79 Å². The number of carboxylic acid groups (broad SMARTS) is 1. The highest BCUT2D eigenvalue weighted by molar-refractivity contribution is 5.77. The lowest BCUT2D eigenvalue weighted by Gasteiger charge is -2.44. The number of carboxylic acids is 1.